The maximum Gasteiger partial charge on any atom is 0.256 e. The lowest BCUT2D eigenvalue weighted by atomic mass is 10.2. The molecule has 0 fully saturated rings. The number of hydrogen-bond acceptors (Lipinski definition) is 3. The molecule has 1 heterocycles. The zero-order chi connectivity index (χ0) is 9.14. The van der Waals surface area contributed by atoms with Gasteiger partial charge in [0.2, 0.25) is 0 Å². The number of hydrogen-bond donors (Lipinski definition) is 0. The molecule has 0 aliphatic rings. The van der Waals surface area contributed by atoms with Gasteiger partial charge in [-0.1, -0.05) is 11.6 Å². The fourth-order valence-electron chi connectivity index (χ4n) is 0.716. The van der Waals surface area contributed by atoms with Crippen molar-refractivity contribution in [3.05, 3.63) is 28.5 Å². The van der Waals surface area contributed by atoms with Gasteiger partial charge < -0.3 is 0 Å². The Morgan fingerprint density at radius 1 is 1.67 bits per heavy atom. The Kier molecular flexibility index (Phi) is 2.64. The Hall–Kier alpha value is -1.11. The van der Waals surface area contributed by atoms with Crippen molar-refractivity contribution in [1.82, 2.24) is 4.98 Å². The van der Waals surface area contributed by atoms with Crippen LogP contribution in [0.2, 0.25) is 5.15 Å². The summed E-state index contributed by atoms with van der Waals surface area (Å²) in [5.74, 6) is 0. The first kappa shape index (κ1) is 8.98. The summed E-state index contributed by atoms with van der Waals surface area (Å²) in [6.45, 7) is 0. The van der Waals surface area contributed by atoms with Crippen molar-refractivity contribution in [1.29, 1.82) is 5.26 Å². The SMILES string of the molecule is N#Cc1ccnc(Cl)c1C(=O)Cl. The highest BCUT2D eigenvalue weighted by atomic mass is 35.5. The van der Waals surface area contributed by atoms with E-state index in [1.165, 1.54) is 12.3 Å². The Morgan fingerprint density at radius 2 is 2.33 bits per heavy atom. The van der Waals surface area contributed by atoms with E-state index in [2.05, 4.69) is 4.98 Å². The third kappa shape index (κ3) is 1.55. The fraction of sp³-hybridized carbons (Fsp3) is 0. The number of pyridine rings is 1. The highest BCUT2D eigenvalue weighted by Gasteiger charge is 2.13. The van der Waals surface area contributed by atoms with Gasteiger partial charge in [0, 0.05) is 6.20 Å². The lowest BCUT2D eigenvalue weighted by Crippen LogP contribution is -1.96. The molecule has 1 rings (SSSR count). The summed E-state index contributed by atoms with van der Waals surface area (Å²) >= 11 is 10.7. The first-order chi connectivity index (χ1) is 5.66. The Balaban J connectivity index is 3.42. The van der Waals surface area contributed by atoms with Crippen LogP contribution in [-0.4, -0.2) is 10.2 Å². The minimum atomic E-state index is -0.773. The average Bonchev–Trinajstić information content (AvgIpc) is 2.03. The van der Waals surface area contributed by atoms with Gasteiger partial charge >= 0.3 is 0 Å². The summed E-state index contributed by atoms with van der Waals surface area (Å²) in [7, 11) is 0. The highest BCUT2D eigenvalue weighted by Crippen LogP contribution is 2.18. The monoisotopic (exact) mass is 200 g/mol. The van der Waals surface area contributed by atoms with E-state index < -0.39 is 5.24 Å². The highest BCUT2D eigenvalue weighted by molar-refractivity contribution is 6.69. The lowest BCUT2D eigenvalue weighted by Gasteiger charge is -1.97. The fourth-order valence-corrected chi connectivity index (χ4v) is 1.20. The van der Waals surface area contributed by atoms with Gasteiger partial charge in [-0.25, -0.2) is 4.98 Å². The number of carbonyl (C=O) groups is 1. The van der Waals surface area contributed by atoms with Gasteiger partial charge in [-0.2, -0.15) is 5.26 Å². The average molecular weight is 201 g/mol. The minimum absolute atomic E-state index is 0.0386. The van der Waals surface area contributed by atoms with Gasteiger partial charge in [0.1, 0.15) is 11.2 Å². The largest absolute Gasteiger partial charge is 0.275 e. The van der Waals surface area contributed by atoms with Crippen LogP contribution in [-0.2, 0) is 0 Å². The third-order valence-corrected chi connectivity index (χ3v) is 1.70. The second-order valence-corrected chi connectivity index (χ2v) is 2.61. The van der Waals surface area contributed by atoms with Crippen molar-refractivity contribution in [2.24, 2.45) is 0 Å². The van der Waals surface area contributed by atoms with Crippen LogP contribution < -0.4 is 0 Å². The molecule has 0 aliphatic heterocycles. The summed E-state index contributed by atoms with van der Waals surface area (Å²) < 4.78 is 0. The van der Waals surface area contributed by atoms with E-state index in [1.807, 2.05) is 0 Å². The first-order valence-electron chi connectivity index (χ1n) is 2.91. The molecule has 1 aromatic rings. The van der Waals surface area contributed by atoms with Crippen molar-refractivity contribution in [2.75, 3.05) is 0 Å². The number of nitriles is 1. The first-order valence-corrected chi connectivity index (χ1v) is 3.67. The number of halogens is 2. The predicted octanol–water partition coefficient (Wildman–Crippen LogP) is 1.99. The second kappa shape index (κ2) is 3.53. The zero-order valence-electron chi connectivity index (χ0n) is 5.71. The van der Waals surface area contributed by atoms with Crippen LogP contribution in [0, 0.1) is 11.3 Å². The van der Waals surface area contributed by atoms with E-state index in [-0.39, 0.29) is 16.3 Å². The van der Waals surface area contributed by atoms with E-state index in [0.29, 0.717) is 0 Å². The molecule has 0 bridgehead atoms. The summed E-state index contributed by atoms with van der Waals surface area (Å²) in [5.41, 5.74) is 0.0957. The van der Waals surface area contributed by atoms with E-state index in [9.17, 15) is 4.79 Å². The van der Waals surface area contributed by atoms with Crippen LogP contribution in [0.25, 0.3) is 0 Å². The quantitative estimate of drug-likeness (QED) is 0.515. The maximum absolute atomic E-state index is 10.7. The molecule has 0 aromatic carbocycles. The van der Waals surface area contributed by atoms with E-state index in [1.54, 1.807) is 6.07 Å². The van der Waals surface area contributed by atoms with E-state index in [0.717, 1.165) is 0 Å². The van der Waals surface area contributed by atoms with Gasteiger partial charge in [-0.3, -0.25) is 4.79 Å². The topological polar surface area (TPSA) is 53.8 Å². The van der Waals surface area contributed by atoms with Crippen molar-refractivity contribution < 1.29 is 4.79 Å². The van der Waals surface area contributed by atoms with Crippen molar-refractivity contribution in [3.63, 3.8) is 0 Å². The molecule has 0 aliphatic carbocycles. The molecule has 1 aromatic heterocycles. The Morgan fingerprint density at radius 3 is 2.75 bits per heavy atom. The molecule has 3 nitrogen and oxygen atoms in total. The molecule has 12 heavy (non-hydrogen) atoms. The van der Waals surface area contributed by atoms with Crippen LogP contribution in [0.4, 0.5) is 0 Å². The maximum atomic E-state index is 10.7. The van der Waals surface area contributed by atoms with E-state index in [4.69, 9.17) is 28.5 Å². The molecule has 0 amide bonds. The van der Waals surface area contributed by atoms with Crippen molar-refractivity contribution in [2.45, 2.75) is 0 Å². The number of aromatic nitrogens is 1. The molecule has 60 valence electrons. The van der Waals surface area contributed by atoms with Gasteiger partial charge in [0.05, 0.1) is 11.1 Å². The normalized spacial score (nSPS) is 9.08. The molecule has 0 radical (unpaired) electrons. The Bertz CT molecular complexity index is 370. The van der Waals surface area contributed by atoms with Crippen LogP contribution in [0.15, 0.2) is 12.3 Å². The molecule has 0 atom stereocenters. The lowest BCUT2D eigenvalue weighted by molar-refractivity contribution is 0.108. The van der Waals surface area contributed by atoms with Crippen molar-refractivity contribution >= 4 is 28.4 Å². The predicted molar refractivity (Wildman–Crippen MR) is 44.1 cm³/mol. The molecular formula is C7H2Cl2N2O. The molecule has 0 saturated heterocycles. The van der Waals surface area contributed by atoms with Crippen molar-refractivity contribution in [3.8, 4) is 6.07 Å². The smallest absolute Gasteiger partial charge is 0.256 e. The van der Waals surface area contributed by atoms with E-state index >= 15 is 0 Å². The molecule has 5 heteroatoms. The van der Waals surface area contributed by atoms with Gasteiger partial charge in [0.25, 0.3) is 5.24 Å². The van der Waals surface area contributed by atoms with Crippen LogP contribution in [0.1, 0.15) is 15.9 Å². The standard InChI is InChI=1S/C7H2Cl2N2O/c8-6-5(7(9)12)4(3-10)1-2-11-6/h1-2H. The molecule has 0 N–H and O–H groups in total. The van der Waals surface area contributed by atoms with Gasteiger partial charge in [0.15, 0.2) is 0 Å². The van der Waals surface area contributed by atoms with Crippen LogP contribution in [0.5, 0.6) is 0 Å². The summed E-state index contributed by atoms with van der Waals surface area (Å²) in [5, 5.41) is 7.72. The minimum Gasteiger partial charge on any atom is -0.275 e. The van der Waals surface area contributed by atoms with Gasteiger partial charge in [-0.05, 0) is 17.7 Å². The summed E-state index contributed by atoms with van der Waals surface area (Å²) in [6, 6.07) is 3.16. The summed E-state index contributed by atoms with van der Waals surface area (Å²) in [6.07, 6.45) is 1.34. The molecule has 0 saturated carbocycles. The molecular weight excluding hydrogens is 199 g/mol. The summed E-state index contributed by atoms with van der Waals surface area (Å²) in [4.78, 5) is 14.4. The zero-order valence-corrected chi connectivity index (χ0v) is 7.23. The number of rotatable bonds is 1. The van der Waals surface area contributed by atoms with Crippen LogP contribution in [0.3, 0.4) is 0 Å². The molecule has 0 unspecified atom stereocenters. The Labute approximate surface area is 78.5 Å². The second-order valence-electron chi connectivity index (χ2n) is 1.91. The van der Waals surface area contributed by atoms with Gasteiger partial charge in [-0.15, -0.1) is 0 Å². The number of carbonyl (C=O) groups excluding carboxylic acids is 1. The molecule has 0 spiro atoms. The number of nitrogens with zero attached hydrogens (tertiary/aromatic N) is 2. The van der Waals surface area contributed by atoms with Crippen LogP contribution >= 0.6 is 23.2 Å². The third-order valence-electron chi connectivity index (χ3n) is 1.22.